The van der Waals surface area contributed by atoms with Gasteiger partial charge in [0, 0.05) is 19.7 Å². The van der Waals surface area contributed by atoms with E-state index in [0.717, 1.165) is 13.0 Å². The highest BCUT2D eigenvalue weighted by Crippen LogP contribution is 2.18. The molecule has 0 heterocycles. The van der Waals surface area contributed by atoms with Crippen molar-refractivity contribution in [3.63, 3.8) is 0 Å². The third kappa shape index (κ3) is 4.69. The van der Waals surface area contributed by atoms with Crippen LogP contribution in [-0.4, -0.2) is 7.11 Å². The molecule has 0 bridgehead atoms. The van der Waals surface area contributed by atoms with E-state index < -0.39 is 0 Å². The molecule has 0 radical (unpaired) electrons. The Morgan fingerprint density at radius 1 is 0.952 bits per heavy atom. The zero-order chi connectivity index (χ0) is 15.1. The number of nitrogens with one attached hydrogen (secondary N) is 1. The van der Waals surface area contributed by atoms with Gasteiger partial charge in [-0.05, 0) is 30.0 Å². The van der Waals surface area contributed by atoms with Crippen LogP contribution in [0, 0.1) is 6.92 Å². The zero-order valence-electron chi connectivity index (χ0n) is 13.2. The summed E-state index contributed by atoms with van der Waals surface area (Å²) in [5, 5.41) is 3.64. The largest absolute Gasteiger partial charge is 0.380 e. The molecule has 2 heteroatoms. The van der Waals surface area contributed by atoms with Crippen LogP contribution in [0.2, 0.25) is 0 Å². The van der Waals surface area contributed by atoms with Crippen molar-refractivity contribution in [2.45, 2.75) is 39.5 Å². The summed E-state index contributed by atoms with van der Waals surface area (Å²) in [5.74, 6) is 0. The molecule has 0 fully saturated rings. The summed E-state index contributed by atoms with van der Waals surface area (Å²) >= 11 is 0. The van der Waals surface area contributed by atoms with Crippen molar-refractivity contribution in [2.24, 2.45) is 0 Å². The molecule has 0 amide bonds. The lowest BCUT2D eigenvalue weighted by Gasteiger charge is -2.18. The van der Waals surface area contributed by atoms with Gasteiger partial charge in [0.1, 0.15) is 0 Å². The molecule has 112 valence electrons. The van der Waals surface area contributed by atoms with Crippen LogP contribution in [0.3, 0.4) is 0 Å². The Morgan fingerprint density at radius 2 is 1.57 bits per heavy atom. The van der Waals surface area contributed by atoms with Gasteiger partial charge >= 0.3 is 0 Å². The quantitative estimate of drug-likeness (QED) is 0.814. The van der Waals surface area contributed by atoms with Gasteiger partial charge in [0.2, 0.25) is 0 Å². The molecule has 0 saturated carbocycles. The molecule has 2 aromatic carbocycles. The van der Waals surface area contributed by atoms with Crippen LogP contribution in [0.5, 0.6) is 0 Å². The molecular formula is C19H25NO. The average molecular weight is 283 g/mol. The van der Waals surface area contributed by atoms with Crippen LogP contribution in [-0.2, 0) is 17.9 Å². The standard InChI is InChI=1S/C19H25NO/c1-4-19(18-11-5-15(2)6-12-18)20-13-16-7-9-17(10-8-16)14-21-3/h5-12,19-20H,4,13-14H2,1-3H3. The highest BCUT2D eigenvalue weighted by Gasteiger charge is 2.08. The molecule has 2 aromatic rings. The predicted octanol–water partition coefficient (Wildman–Crippen LogP) is 4.38. The Labute approximate surface area is 128 Å². The minimum Gasteiger partial charge on any atom is -0.380 e. The van der Waals surface area contributed by atoms with E-state index in [0.29, 0.717) is 12.6 Å². The number of hydrogen-bond acceptors (Lipinski definition) is 2. The second-order valence-corrected chi connectivity index (χ2v) is 5.50. The molecule has 2 rings (SSSR count). The highest BCUT2D eigenvalue weighted by molar-refractivity contribution is 5.25. The van der Waals surface area contributed by atoms with Crippen molar-refractivity contribution >= 4 is 0 Å². The number of aryl methyl sites for hydroxylation is 1. The Bertz CT molecular complexity index is 530. The second kappa shape index (κ2) is 7.96. The number of rotatable bonds is 7. The van der Waals surface area contributed by atoms with Gasteiger partial charge in [-0.15, -0.1) is 0 Å². The fourth-order valence-corrected chi connectivity index (χ4v) is 2.46. The lowest BCUT2D eigenvalue weighted by Crippen LogP contribution is -2.20. The molecule has 1 N–H and O–H groups in total. The SMILES string of the molecule is CCC(NCc1ccc(COC)cc1)c1ccc(C)cc1. The van der Waals surface area contributed by atoms with Crippen LogP contribution in [0.15, 0.2) is 48.5 Å². The molecule has 0 saturated heterocycles. The van der Waals surface area contributed by atoms with Crippen molar-refractivity contribution in [1.82, 2.24) is 5.32 Å². The summed E-state index contributed by atoms with van der Waals surface area (Å²) in [4.78, 5) is 0. The minimum atomic E-state index is 0.407. The predicted molar refractivity (Wildman–Crippen MR) is 88.2 cm³/mol. The van der Waals surface area contributed by atoms with E-state index in [1.807, 2.05) is 0 Å². The normalized spacial score (nSPS) is 12.3. The third-order valence-corrected chi connectivity index (χ3v) is 3.77. The van der Waals surface area contributed by atoms with Crippen molar-refractivity contribution in [3.8, 4) is 0 Å². The van der Waals surface area contributed by atoms with E-state index >= 15 is 0 Å². The summed E-state index contributed by atoms with van der Waals surface area (Å²) in [6, 6.07) is 17.8. The van der Waals surface area contributed by atoms with Gasteiger partial charge in [-0.1, -0.05) is 61.0 Å². The fourth-order valence-electron chi connectivity index (χ4n) is 2.46. The molecule has 0 aliphatic heterocycles. The van der Waals surface area contributed by atoms with E-state index in [1.165, 1.54) is 22.3 Å². The van der Waals surface area contributed by atoms with E-state index in [-0.39, 0.29) is 0 Å². The van der Waals surface area contributed by atoms with Crippen LogP contribution >= 0.6 is 0 Å². The molecular weight excluding hydrogens is 258 g/mol. The maximum absolute atomic E-state index is 5.14. The average Bonchev–Trinajstić information content (AvgIpc) is 2.51. The van der Waals surface area contributed by atoms with Gasteiger partial charge < -0.3 is 10.1 Å². The summed E-state index contributed by atoms with van der Waals surface area (Å²) in [6.07, 6.45) is 1.09. The first kappa shape index (κ1) is 15.7. The molecule has 0 aromatic heterocycles. The molecule has 0 spiro atoms. The topological polar surface area (TPSA) is 21.3 Å². The first-order chi connectivity index (χ1) is 10.2. The summed E-state index contributed by atoms with van der Waals surface area (Å²) in [6.45, 7) is 5.91. The molecule has 1 atom stereocenters. The third-order valence-electron chi connectivity index (χ3n) is 3.77. The maximum atomic E-state index is 5.14. The van der Waals surface area contributed by atoms with Crippen LogP contribution in [0.4, 0.5) is 0 Å². The van der Waals surface area contributed by atoms with Gasteiger partial charge in [-0.3, -0.25) is 0 Å². The summed E-state index contributed by atoms with van der Waals surface area (Å²) in [5.41, 5.74) is 5.19. The maximum Gasteiger partial charge on any atom is 0.0713 e. The van der Waals surface area contributed by atoms with Crippen molar-refractivity contribution in [2.75, 3.05) is 7.11 Å². The number of hydrogen-bond donors (Lipinski definition) is 1. The minimum absolute atomic E-state index is 0.407. The van der Waals surface area contributed by atoms with E-state index in [1.54, 1.807) is 7.11 Å². The first-order valence-electron chi connectivity index (χ1n) is 7.59. The Hall–Kier alpha value is -1.64. The number of ether oxygens (including phenoxy) is 1. The van der Waals surface area contributed by atoms with Crippen molar-refractivity contribution < 1.29 is 4.74 Å². The molecule has 0 aliphatic carbocycles. The Kier molecular flexibility index (Phi) is 5.97. The van der Waals surface area contributed by atoms with Gasteiger partial charge in [0.05, 0.1) is 6.61 Å². The Balaban J connectivity index is 1.94. The second-order valence-electron chi connectivity index (χ2n) is 5.50. The summed E-state index contributed by atoms with van der Waals surface area (Å²) in [7, 11) is 1.73. The highest BCUT2D eigenvalue weighted by atomic mass is 16.5. The lowest BCUT2D eigenvalue weighted by molar-refractivity contribution is 0.185. The number of methoxy groups -OCH3 is 1. The zero-order valence-corrected chi connectivity index (χ0v) is 13.2. The molecule has 2 nitrogen and oxygen atoms in total. The van der Waals surface area contributed by atoms with E-state index in [2.05, 4.69) is 67.7 Å². The smallest absolute Gasteiger partial charge is 0.0713 e. The van der Waals surface area contributed by atoms with Crippen molar-refractivity contribution in [1.29, 1.82) is 0 Å². The number of benzene rings is 2. The van der Waals surface area contributed by atoms with Crippen LogP contribution < -0.4 is 5.32 Å². The fraction of sp³-hybridized carbons (Fsp3) is 0.368. The summed E-state index contributed by atoms with van der Waals surface area (Å²) < 4.78 is 5.14. The Morgan fingerprint density at radius 3 is 2.14 bits per heavy atom. The van der Waals surface area contributed by atoms with Crippen molar-refractivity contribution in [3.05, 3.63) is 70.8 Å². The van der Waals surface area contributed by atoms with Gasteiger partial charge in [0.15, 0.2) is 0 Å². The van der Waals surface area contributed by atoms with E-state index in [9.17, 15) is 0 Å². The first-order valence-corrected chi connectivity index (χ1v) is 7.59. The van der Waals surface area contributed by atoms with Gasteiger partial charge in [-0.25, -0.2) is 0 Å². The van der Waals surface area contributed by atoms with Crippen LogP contribution in [0.1, 0.15) is 41.6 Å². The molecule has 0 aliphatic rings. The lowest BCUT2D eigenvalue weighted by atomic mass is 10.0. The molecule has 1 unspecified atom stereocenters. The monoisotopic (exact) mass is 283 g/mol. The van der Waals surface area contributed by atoms with Gasteiger partial charge in [0.25, 0.3) is 0 Å². The van der Waals surface area contributed by atoms with E-state index in [4.69, 9.17) is 4.74 Å². The van der Waals surface area contributed by atoms with Gasteiger partial charge in [-0.2, -0.15) is 0 Å². The molecule has 21 heavy (non-hydrogen) atoms. The van der Waals surface area contributed by atoms with Crippen LogP contribution in [0.25, 0.3) is 0 Å².